The van der Waals surface area contributed by atoms with Crippen LogP contribution < -0.4 is 0 Å². The molecule has 26 heavy (non-hydrogen) atoms. The Labute approximate surface area is 155 Å². The van der Waals surface area contributed by atoms with Crippen molar-refractivity contribution in [1.82, 2.24) is 0 Å². The monoisotopic (exact) mass is 334 g/mol. The number of benzene rings is 3. The second kappa shape index (κ2) is 5.85. The second-order valence-electron chi connectivity index (χ2n) is 7.37. The molecule has 0 heteroatoms. The lowest BCUT2D eigenvalue weighted by molar-refractivity contribution is 0.692. The first-order valence-corrected chi connectivity index (χ1v) is 9.44. The smallest absolute Gasteiger partial charge is 0.0676 e. The van der Waals surface area contributed by atoms with Crippen LogP contribution in [-0.4, -0.2) is 0 Å². The largest absolute Gasteiger partial charge is 0.0842 e. The SMILES string of the molecule is Cc1ccc2c(c1)C(C1=CC=CCC1)(c1ccccc1)c1ccccc1-2. The zero-order valence-electron chi connectivity index (χ0n) is 15.1. The van der Waals surface area contributed by atoms with E-state index in [4.69, 9.17) is 0 Å². The zero-order valence-corrected chi connectivity index (χ0v) is 15.1. The Morgan fingerprint density at radius 1 is 0.769 bits per heavy atom. The van der Waals surface area contributed by atoms with Crippen molar-refractivity contribution >= 4 is 0 Å². The Balaban J connectivity index is 1.95. The van der Waals surface area contributed by atoms with Crippen molar-refractivity contribution in [2.75, 3.05) is 0 Å². The summed E-state index contributed by atoms with van der Waals surface area (Å²) in [5.74, 6) is 0. The molecule has 0 spiro atoms. The van der Waals surface area contributed by atoms with Gasteiger partial charge in [-0.15, -0.1) is 0 Å². The normalized spacial score (nSPS) is 20.4. The third-order valence-electron chi connectivity index (χ3n) is 5.90. The van der Waals surface area contributed by atoms with E-state index in [9.17, 15) is 0 Å². The highest BCUT2D eigenvalue weighted by Crippen LogP contribution is 2.57. The lowest BCUT2D eigenvalue weighted by Crippen LogP contribution is -2.30. The molecule has 0 aliphatic heterocycles. The summed E-state index contributed by atoms with van der Waals surface area (Å²) in [4.78, 5) is 0. The first kappa shape index (κ1) is 15.4. The van der Waals surface area contributed by atoms with Crippen LogP contribution in [-0.2, 0) is 5.41 Å². The van der Waals surface area contributed by atoms with E-state index in [-0.39, 0.29) is 5.41 Å². The predicted molar refractivity (Wildman–Crippen MR) is 109 cm³/mol. The molecule has 126 valence electrons. The molecule has 0 saturated carbocycles. The topological polar surface area (TPSA) is 0 Å². The van der Waals surface area contributed by atoms with Crippen molar-refractivity contribution in [3.63, 3.8) is 0 Å². The summed E-state index contributed by atoms with van der Waals surface area (Å²) in [6.07, 6.45) is 9.09. The fourth-order valence-electron chi connectivity index (χ4n) is 4.84. The Morgan fingerprint density at radius 3 is 2.35 bits per heavy atom. The van der Waals surface area contributed by atoms with Gasteiger partial charge in [0.1, 0.15) is 0 Å². The predicted octanol–water partition coefficient (Wildman–Crippen LogP) is 6.59. The average molecular weight is 334 g/mol. The minimum atomic E-state index is -0.177. The van der Waals surface area contributed by atoms with Crippen LogP contribution in [0.15, 0.2) is 96.6 Å². The van der Waals surface area contributed by atoms with Gasteiger partial charge in [0.15, 0.2) is 0 Å². The van der Waals surface area contributed by atoms with Crippen molar-refractivity contribution in [3.8, 4) is 11.1 Å². The van der Waals surface area contributed by atoms with Crippen molar-refractivity contribution in [3.05, 3.63) is 119 Å². The summed E-state index contributed by atoms with van der Waals surface area (Å²) in [5.41, 5.74) is 9.64. The van der Waals surface area contributed by atoms with Gasteiger partial charge in [0.05, 0.1) is 5.41 Å². The summed E-state index contributed by atoms with van der Waals surface area (Å²) < 4.78 is 0. The molecule has 0 nitrogen and oxygen atoms in total. The minimum Gasteiger partial charge on any atom is -0.0842 e. The molecular weight excluding hydrogens is 312 g/mol. The number of fused-ring (bicyclic) bond motifs is 3. The first-order valence-electron chi connectivity index (χ1n) is 9.44. The van der Waals surface area contributed by atoms with E-state index in [0.717, 1.165) is 12.8 Å². The van der Waals surface area contributed by atoms with E-state index in [1.807, 2.05) is 0 Å². The van der Waals surface area contributed by atoms with Gasteiger partial charge in [-0.05, 0) is 47.6 Å². The molecule has 2 aliphatic carbocycles. The van der Waals surface area contributed by atoms with Crippen LogP contribution >= 0.6 is 0 Å². The van der Waals surface area contributed by atoms with Crippen molar-refractivity contribution in [2.45, 2.75) is 25.2 Å². The molecule has 0 bridgehead atoms. The Kier molecular flexibility index (Phi) is 3.46. The number of hydrogen-bond donors (Lipinski definition) is 0. The maximum atomic E-state index is 2.40. The third kappa shape index (κ3) is 2.02. The molecule has 0 fully saturated rings. The lowest BCUT2D eigenvalue weighted by atomic mass is 9.65. The molecule has 5 rings (SSSR count). The van der Waals surface area contributed by atoms with Gasteiger partial charge in [0.2, 0.25) is 0 Å². The van der Waals surface area contributed by atoms with Gasteiger partial charge in [0, 0.05) is 0 Å². The van der Waals surface area contributed by atoms with Gasteiger partial charge >= 0.3 is 0 Å². The van der Waals surface area contributed by atoms with E-state index in [0.29, 0.717) is 0 Å². The Bertz CT molecular complexity index is 1040. The molecule has 2 aliphatic rings. The molecule has 3 aromatic rings. The van der Waals surface area contributed by atoms with Gasteiger partial charge in [-0.3, -0.25) is 0 Å². The number of rotatable bonds is 2. The van der Waals surface area contributed by atoms with Crippen LogP contribution in [0.4, 0.5) is 0 Å². The van der Waals surface area contributed by atoms with Gasteiger partial charge < -0.3 is 0 Å². The fraction of sp³-hybridized carbons (Fsp3) is 0.154. The molecule has 1 unspecified atom stereocenters. The third-order valence-corrected chi connectivity index (χ3v) is 5.90. The molecule has 0 saturated heterocycles. The van der Waals surface area contributed by atoms with Crippen LogP contribution in [0.1, 0.15) is 35.1 Å². The van der Waals surface area contributed by atoms with Crippen LogP contribution in [0.25, 0.3) is 11.1 Å². The molecule has 0 aromatic heterocycles. The Hall–Kier alpha value is -2.86. The highest BCUT2D eigenvalue weighted by molar-refractivity contribution is 5.86. The quantitative estimate of drug-likeness (QED) is 0.496. The first-order chi connectivity index (χ1) is 12.8. The molecule has 0 heterocycles. The van der Waals surface area contributed by atoms with Crippen molar-refractivity contribution in [1.29, 1.82) is 0 Å². The van der Waals surface area contributed by atoms with Crippen LogP contribution in [0.3, 0.4) is 0 Å². The molecule has 0 amide bonds. The van der Waals surface area contributed by atoms with E-state index in [2.05, 4.69) is 97.9 Å². The highest BCUT2D eigenvalue weighted by atomic mass is 14.5. The van der Waals surface area contributed by atoms with Gasteiger partial charge in [0.25, 0.3) is 0 Å². The highest BCUT2D eigenvalue weighted by Gasteiger charge is 2.46. The maximum Gasteiger partial charge on any atom is 0.0676 e. The van der Waals surface area contributed by atoms with Crippen LogP contribution in [0.5, 0.6) is 0 Å². The molecule has 0 N–H and O–H groups in total. The van der Waals surface area contributed by atoms with Crippen LogP contribution in [0, 0.1) is 6.92 Å². The Morgan fingerprint density at radius 2 is 1.54 bits per heavy atom. The summed E-state index contributed by atoms with van der Waals surface area (Å²) in [7, 11) is 0. The van der Waals surface area contributed by atoms with Gasteiger partial charge in [-0.1, -0.05) is 102 Å². The zero-order chi connectivity index (χ0) is 17.6. The summed E-state index contributed by atoms with van der Waals surface area (Å²) in [5, 5.41) is 0. The molecule has 3 aromatic carbocycles. The average Bonchev–Trinajstić information content (AvgIpc) is 3.00. The summed E-state index contributed by atoms with van der Waals surface area (Å²) in [6, 6.07) is 27.0. The number of aryl methyl sites for hydroxylation is 1. The van der Waals surface area contributed by atoms with Crippen molar-refractivity contribution in [2.24, 2.45) is 0 Å². The molecule has 0 radical (unpaired) electrons. The van der Waals surface area contributed by atoms with Gasteiger partial charge in [-0.2, -0.15) is 0 Å². The van der Waals surface area contributed by atoms with Crippen molar-refractivity contribution < 1.29 is 0 Å². The van der Waals surface area contributed by atoms with Gasteiger partial charge in [-0.25, -0.2) is 0 Å². The number of hydrogen-bond acceptors (Lipinski definition) is 0. The maximum absolute atomic E-state index is 2.40. The summed E-state index contributed by atoms with van der Waals surface area (Å²) in [6.45, 7) is 2.20. The second-order valence-corrected chi connectivity index (χ2v) is 7.37. The fourth-order valence-corrected chi connectivity index (χ4v) is 4.84. The van der Waals surface area contributed by atoms with E-state index in [1.165, 1.54) is 39.0 Å². The minimum absolute atomic E-state index is 0.177. The van der Waals surface area contributed by atoms with E-state index < -0.39 is 0 Å². The number of allylic oxidation sites excluding steroid dienone is 4. The van der Waals surface area contributed by atoms with Crippen LogP contribution in [0.2, 0.25) is 0 Å². The summed E-state index contributed by atoms with van der Waals surface area (Å²) >= 11 is 0. The molecule has 1 atom stereocenters. The lowest BCUT2D eigenvalue weighted by Gasteiger charge is -2.36. The van der Waals surface area contributed by atoms with E-state index in [1.54, 1.807) is 0 Å². The molecular formula is C26H22. The standard InChI is InChI=1S/C26H22/c1-19-16-17-23-22-14-8-9-15-24(22)26(25(23)18-19,20-10-4-2-5-11-20)21-12-6-3-7-13-21/h2-6,8-12,14-18H,7,13H2,1H3. The van der Waals surface area contributed by atoms with E-state index >= 15 is 0 Å².